The molecule has 1 N–H and O–H groups in total. The fraction of sp³-hybridized carbons (Fsp3) is 0.222. The summed E-state index contributed by atoms with van der Waals surface area (Å²) in [4.78, 5) is 0. The molecule has 0 aliphatic heterocycles. The summed E-state index contributed by atoms with van der Waals surface area (Å²) in [5.41, 5.74) is 2.40. The third-order valence-corrected chi connectivity index (χ3v) is 2.22. The minimum Gasteiger partial charge on any atom is -0.411 e. The van der Waals surface area contributed by atoms with Gasteiger partial charge in [-0.25, -0.2) is 0 Å². The lowest BCUT2D eigenvalue weighted by molar-refractivity contribution is 0.319. The molecule has 0 bridgehead atoms. The fourth-order valence-corrected chi connectivity index (χ4v) is 1.23. The van der Waals surface area contributed by atoms with Gasteiger partial charge in [-0.3, -0.25) is 0 Å². The maximum Gasteiger partial charge on any atom is 0.0840 e. The van der Waals surface area contributed by atoms with Gasteiger partial charge in [0.05, 0.1) is 5.71 Å². The lowest BCUT2D eigenvalue weighted by atomic mass is 10.1. The van der Waals surface area contributed by atoms with Crippen molar-refractivity contribution >= 4 is 17.3 Å². The monoisotopic (exact) mass is 183 g/mol. The van der Waals surface area contributed by atoms with Gasteiger partial charge in [-0.15, -0.1) is 0 Å². The highest BCUT2D eigenvalue weighted by Crippen LogP contribution is 2.18. The van der Waals surface area contributed by atoms with Crippen LogP contribution in [-0.2, 0) is 0 Å². The highest BCUT2D eigenvalue weighted by Gasteiger charge is 2.04. The maximum absolute atomic E-state index is 8.55. The Balaban J connectivity index is 3.26. The van der Waals surface area contributed by atoms with E-state index in [4.69, 9.17) is 16.8 Å². The van der Waals surface area contributed by atoms with Crippen LogP contribution in [0.1, 0.15) is 18.1 Å². The van der Waals surface area contributed by atoms with Crippen LogP contribution in [0.15, 0.2) is 23.4 Å². The summed E-state index contributed by atoms with van der Waals surface area (Å²) in [5.74, 6) is 0. The van der Waals surface area contributed by atoms with Crippen LogP contribution in [0.25, 0.3) is 0 Å². The van der Waals surface area contributed by atoms with Crippen LogP contribution in [0, 0.1) is 6.92 Å². The zero-order chi connectivity index (χ0) is 9.14. The lowest BCUT2D eigenvalue weighted by Crippen LogP contribution is -1.97. The van der Waals surface area contributed by atoms with Crippen molar-refractivity contribution < 1.29 is 5.21 Å². The zero-order valence-corrected chi connectivity index (χ0v) is 7.76. The Kier molecular flexibility index (Phi) is 2.71. The van der Waals surface area contributed by atoms with Gasteiger partial charge in [0, 0.05) is 10.6 Å². The number of rotatable bonds is 1. The number of halogens is 1. The van der Waals surface area contributed by atoms with Gasteiger partial charge in [0.25, 0.3) is 0 Å². The van der Waals surface area contributed by atoms with Crippen LogP contribution < -0.4 is 0 Å². The standard InChI is InChI=1S/C9H10ClNO/c1-6-8(7(2)11-12)4-3-5-9(6)10/h3-5,12H,1-2H3/b11-7-. The van der Waals surface area contributed by atoms with Crippen LogP contribution in [0.2, 0.25) is 5.02 Å². The zero-order valence-electron chi connectivity index (χ0n) is 7.00. The molecule has 1 aromatic rings. The van der Waals surface area contributed by atoms with Crippen LogP contribution in [0.5, 0.6) is 0 Å². The number of benzene rings is 1. The van der Waals surface area contributed by atoms with E-state index < -0.39 is 0 Å². The molecule has 0 saturated carbocycles. The van der Waals surface area contributed by atoms with Crippen LogP contribution in [0.4, 0.5) is 0 Å². The molecule has 2 nitrogen and oxygen atoms in total. The molecule has 0 atom stereocenters. The molecule has 0 spiro atoms. The van der Waals surface area contributed by atoms with Gasteiger partial charge in [-0.2, -0.15) is 0 Å². The molecule has 0 heterocycles. The predicted molar refractivity (Wildman–Crippen MR) is 50.2 cm³/mol. The fourth-order valence-electron chi connectivity index (χ4n) is 1.05. The molecular formula is C9H10ClNO. The van der Waals surface area contributed by atoms with E-state index in [9.17, 15) is 0 Å². The second-order valence-electron chi connectivity index (χ2n) is 2.60. The normalized spacial score (nSPS) is 11.8. The van der Waals surface area contributed by atoms with E-state index >= 15 is 0 Å². The molecule has 3 heteroatoms. The van der Waals surface area contributed by atoms with Crippen molar-refractivity contribution in [1.29, 1.82) is 0 Å². The van der Waals surface area contributed by atoms with Crippen LogP contribution in [-0.4, -0.2) is 10.9 Å². The van der Waals surface area contributed by atoms with E-state index in [1.54, 1.807) is 6.92 Å². The van der Waals surface area contributed by atoms with Crippen molar-refractivity contribution in [1.82, 2.24) is 0 Å². The number of oxime groups is 1. The first-order chi connectivity index (χ1) is 5.66. The number of nitrogens with zero attached hydrogens (tertiary/aromatic N) is 1. The predicted octanol–water partition coefficient (Wildman–Crippen LogP) is 2.85. The molecule has 0 aliphatic carbocycles. The minimum absolute atomic E-state index is 0.579. The van der Waals surface area contributed by atoms with Crippen molar-refractivity contribution in [3.8, 4) is 0 Å². The second kappa shape index (κ2) is 3.59. The molecule has 0 amide bonds. The summed E-state index contributed by atoms with van der Waals surface area (Å²) in [7, 11) is 0. The Bertz CT molecular complexity index is 320. The van der Waals surface area contributed by atoms with Crippen LogP contribution in [0.3, 0.4) is 0 Å². The topological polar surface area (TPSA) is 32.6 Å². The summed E-state index contributed by atoms with van der Waals surface area (Å²) in [6, 6.07) is 5.51. The van der Waals surface area contributed by atoms with E-state index in [0.29, 0.717) is 10.7 Å². The van der Waals surface area contributed by atoms with Crippen molar-refractivity contribution in [3.05, 3.63) is 34.3 Å². The third-order valence-electron chi connectivity index (χ3n) is 1.81. The van der Waals surface area contributed by atoms with Gasteiger partial charge >= 0.3 is 0 Å². The van der Waals surface area contributed by atoms with E-state index in [1.807, 2.05) is 25.1 Å². The van der Waals surface area contributed by atoms with Gasteiger partial charge in [0.15, 0.2) is 0 Å². The third kappa shape index (κ3) is 1.59. The summed E-state index contributed by atoms with van der Waals surface area (Å²) in [6.07, 6.45) is 0. The average Bonchev–Trinajstić information content (AvgIpc) is 2.08. The Hall–Kier alpha value is -1.02. The highest BCUT2D eigenvalue weighted by molar-refractivity contribution is 6.31. The van der Waals surface area contributed by atoms with Crippen molar-refractivity contribution in [2.45, 2.75) is 13.8 Å². The SMILES string of the molecule is C/C(=N/O)c1cccc(Cl)c1C. The molecule has 0 aliphatic rings. The summed E-state index contributed by atoms with van der Waals surface area (Å²) in [5, 5.41) is 12.4. The summed E-state index contributed by atoms with van der Waals surface area (Å²) < 4.78 is 0. The molecule has 0 fully saturated rings. The number of hydrogen-bond donors (Lipinski definition) is 1. The molecule has 12 heavy (non-hydrogen) atoms. The van der Waals surface area contributed by atoms with Crippen LogP contribution >= 0.6 is 11.6 Å². The quantitative estimate of drug-likeness (QED) is 0.405. The minimum atomic E-state index is 0.579. The Morgan fingerprint density at radius 1 is 1.50 bits per heavy atom. The van der Waals surface area contributed by atoms with Gasteiger partial charge in [0.2, 0.25) is 0 Å². The second-order valence-corrected chi connectivity index (χ2v) is 3.01. The van der Waals surface area contributed by atoms with E-state index in [2.05, 4.69) is 5.16 Å². The van der Waals surface area contributed by atoms with E-state index in [0.717, 1.165) is 11.1 Å². The lowest BCUT2D eigenvalue weighted by Gasteiger charge is -2.04. The first kappa shape index (κ1) is 9.07. The van der Waals surface area contributed by atoms with Gasteiger partial charge < -0.3 is 5.21 Å². The maximum atomic E-state index is 8.55. The van der Waals surface area contributed by atoms with Gasteiger partial charge in [0.1, 0.15) is 0 Å². The molecule has 0 unspecified atom stereocenters. The van der Waals surface area contributed by atoms with Crippen molar-refractivity contribution in [2.24, 2.45) is 5.16 Å². The van der Waals surface area contributed by atoms with Crippen molar-refractivity contribution in [2.75, 3.05) is 0 Å². The first-order valence-corrected chi connectivity index (χ1v) is 3.98. The molecule has 0 saturated heterocycles. The highest BCUT2D eigenvalue weighted by atomic mass is 35.5. The number of hydrogen-bond acceptors (Lipinski definition) is 2. The van der Waals surface area contributed by atoms with Gasteiger partial charge in [-0.05, 0) is 25.5 Å². The first-order valence-electron chi connectivity index (χ1n) is 3.61. The Morgan fingerprint density at radius 2 is 2.17 bits per heavy atom. The van der Waals surface area contributed by atoms with Gasteiger partial charge in [-0.1, -0.05) is 28.9 Å². The molecule has 0 aromatic heterocycles. The molecule has 0 radical (unpaired) electrons. The summed E-state index contributed by atoms with van der Waals surface area (Å²) >= 11 is 5.88. The Labute approximate surface area is 76.5 Å². The molecule has 1 rings (SSSR count). The van der Waals surface area contributed by atoms with E-state index in [-0.39, 0.29) is 0 Å². The smallest absolute Gasteiger partial charge is 0.0840 e. The Morgan fingerprint density at radius 3 is 2.75 bits per heavy atom. The molecule has 64 valence electrons. The van der Waals surface area contributed by atoms with E-state index in [1.165, 1.54) is 0 Å². The molecular weight excluding hydrogens is 174 g/mol. The largest absolute Gasteiger partial charge is 0.411 e. The summed E-state index contributed by atoms with van der Waals surface area (Å²) in [6.45, 7) is 3.63. The molecule has 1 aromatic carbocycles. The van der Waals surface area contributed by atoms with Crippen molar-refractivity contribution in [3.63, 3.8) is 0 Å². The average molecular weight is 184 g/mol.